The van der Waals surface area contributed by atoms with Crippen molar-refractivity contribution in [1.82, 2.24) is 4.90 Å². The van der Waals surface area contributed by atoms with Gasteiger partial charge in [-0.1, -0.05) is 31.4 Å². The van der Waals surface area contributed by atoms with Gasteiger partial charge in [-0.2, -0.15) is 18.4 Å². The summed E-state index contributed by atoms with van der Waals surface area (Å²) in [5.74, 6) is -1.27. The number of rotatable bonds is 5. The fourth-order valence-corrected chi connectivity index (χ4v) is 3.12. The Hall–Kier alpha value is -2.82. The van der Waals surface area contributed by atoms with E-state index in [1.807, 2.05) is 0 Å². The summed E-state index contributed by atoms with van der Waals surface area (Å²) in [7, 11) is 1.53. The summed E-state index contributed by atoms with van der Waals surface area (Å²) in [6.45, 7) is -0.504. The molecule has 1 amide bonds. The summed E-state index contributed by atoms with van der Waals surface area (Å²) < 4.78 is 42.4. The van der Waals surface area contributed by atoms with Crippen LogP contribution >= 0.6 is 0 Å². The maximum absolute atomic E-state index is 12.5. The predicted molar refractivity (Wildman–Crippen MR) is 95.6 cm³/mol. The molecule has 1 saturated carbocycles. The van der Waals surface area contributed by atoms with Crippen LogP contribution in [0.3, 0.4) is 0 Å². The highest BCUT2D eigenvalue weighted by Gasteiger charge is 2.38. The maximum Gasteiger partial charge on any atom is 0.416 e. The third-order valence-electron chi connectivity index (χ3n) is 4.89. The van der Waals surface area contributed by atoms with Crippen molar-refractivity contribution in [2.24, 2.45) is 0 Å². The van der Waals surface area contributed by atoms with Gasteiger partial charge in [-0.15, -0.1) is 0 Å². The molecule has 8 heteroatoms. The molecule has 0 spiro atoms. The summed E-state index contributed by atoms with van der Waals surface area (Å²) >= 11 is 0. The van der Waals surface area contributed by atoms with E-state index in [4.69, 9.17) is 4.74 Å². The zero-order chi connectivity index (χ0) is 20.8. The number of nitriles is 1. The first-order valence-electron chi connectivity index (χ1n) is 8.88. The van der Waals surface area contributed by atoms with Crippen LogP contribution in [0.4, 0.5) is 13.2 Å². The van der Waals surface area contributed by atoms with Crippen LogP contribution in [0.1, 0.15) is 43.2 Å². The van der Waals surface area contributed by atoms with E-state index in [9.17, 15) is 28.0 Å². The van der Waals surface area contributed by atoms with Crippen molar-refractivity contribution < 1.29 is 27.5 Å². The van der Waals surface area contributed by atoms with Crippen molar-refractivity contribution >= 4 is 18.0 Å². The monoisotopic (exact) mass is 394 g/mol. The molecular weight excluding hydrogens is 373 g/mol. The highest BCUT2D eigenvalue weighted by atomic mass is 19.4. The van der Waals surface area contributed by atoms with Crippen LogP contribution < -0.4 is 0 Å². The number of benzene rings is 1. The van der Waals surface area contributed by atoms with Gasteiger partial charge >= 0.3 is 12.1 Å². The van der Waals surface area contributed by atoms with Gasteiger partial charge in [-0.05, 0) is 36.6 Å². The zero-order valence-corrected chi connectivity index (χ0v) is 15.5. The molecule has 1 fully saturated rings. The Morgan fingerprint density at radius 3 is 2.36 bits per heavy atom. The molecule has 1 aliphatic rings. The molecule has 2 rings (SSSR count). The van der Waals surface area contributed by atoms with E-state index >= 15 is 0 Å². The molecule has 0 atom stereocenters. The Morgan fingerprint density at radius 1 is 1.21 bits per heavy atom. The summed E-state index contributed by atoms with van der Waals surface area (Å²) in [5.41, 5.74) is -1.26. The molecule has 0 heterocycles. The van der Waals surface area contributed by atoms with Crippen LogP contribution in [0.15, 0.2) is 30.3 Å². The fraction of sp³-hybridized carbons (Fsp3) is 0.450. The average Bonchev–Trinajstić information content (AvgIpc) is 2.70. The van der Waals surface area contributed by atoms with Gasteiger partial charge in [0.2, 0.25) is 0 Å². The topological polar surface area (TPSA) is 70.4 Å². The van der Waals surface area contributed by atoms with Crippen LogP contribution in [-0.2, 0) is 20.5 Å². The number of halogens is 3. The first-order chi connectivity index (χ1) is 13.2. The van der Waals surface area contributed by atoms with Crippen LogP contribution in [-0.4, -0.2) is 36.0 Å². The first-order valence-corrected chi connectivity index (χ1v) is 8.88. The lowest BCUT2D eigenvalue weighted by Crippen LogP contribution is -2.51. The lowest BCUT2D eigenvalue weighted by Gasteiger charge is -2.38. The summed E-state index contributed by atoms with van der Waals surface area (Å²) in [6.07, 6.45) is 1.84. The van der Waals surface area contributed by atoms with Crippen molar-refractivity contribution in [2.45, 2.75) is 43.8 Å². The van der Waals surface area contributed by atoms with Crippen molar-refractivity contribution in [3.63, 3.8) is 0 Å². The number of amides is 1. The molecule has 5 nitrogen and oxygen atoms in total. The first kappa shape index (κ1) is 21.5. The van der Waals surface area contributed by atoms with E-state index in [1.54, 1.807) is 0 Å². The second-order valence-electron chi connectivity index (χ2n) is 6.72. The molecule has 0 radical (unpaired) electrons. The quantitative estimate of drug-likeness (QED) is 0.560. The van der Waals surface area contributed by atoms with Crippen molar-refractivity contribution in [1.29, 1.82) is 5.26 Å². The fourth-order valence-electron chi connectivity index (χ4n) is 3.12. The second-order valence-corrected chi connectivity index (χ2v) is 6.72. The van der Waals surface area contributed by atoms with E-state index in [-0.39, 0.29) is 0 Å². The Kier molecular flexibility index (Phi) is 6.84. The number of carbonyl (C=O) groups is 2. The Bertz CT molecular complexity index is 773. The van der Waals surface area contributed by atoms with Crippen molar-refractivity contribution in [2.75, 3.05) is 13.7 Å². The molecule has 1 aromatic rings. The lowest BCUT2D eigenvalue weighted by atomic mass is 9.81. The van der Waals surface area contributed by atoms with Gasteiger partial charge < -0.3 is 9.64 Å². The van der Waals surface area contributed by atoms with Gasteiger partial charge in [0.25, 0.3) is 5.91 Å². The Labute approximate surface area is 161 Å². The van der Waals surface area contributed by atoms with E-state index in [1.165, 1.54) is 30.2 Å². The van der Waals surface area contributed by atoms with Crippen molar-refractivity contribution in [3.8, 4) is 6.07 Å². The van der Waals surface area contributed by atoms with E-state index in [0.717, 1.165) is 37.5 Å². The Balaban J connectivity index is 1.88. The predicted octanol–water partition coefficient (Wildman–Crippen LogP) is 3.95. The minimum absolute atomic E-state index is 0.388. The molecule has 0 aromatic heterocycles. The van der Waals surface area contributed by atoms with Gasteiger partial charge in [0.1, 0.15) is 5.54 Å². The SMILES string of the molecule is CN(C(=O)COC(=O)/C=C/c1ccc(C(F)(F)F)cc1)C1(C#N)CCCCC1. The normalized spacial score (nSPS) is 16.4. The summed E-state index contributed by atoms with van der Waals surface area (Å²) in [4.78, 5) is 25.4. The zero-order valence-electron chi connectivity index (χ0n) is 15.5. The van der Waals surface area contributed by atoms with Crippen molar-refractivity contribution in [3.05, 3.63) is 41.5 Å². The second kappa shape index (κ2) is 8.91. The summed E-state index contributed by atoms with van der Waals surface area (Å²) in [5, 5.41) is 9.49. The van der Waals surface area contributed by atoms with Gasteiger partial charge in [-0.25, -0.2) is 4.79 Å². The number of nitrogens with zero attached hydrogens (tertiary/aromatic N) is 2. The molecule has 150 valence electrons. The number of esters is 1. The minimum atomic E-state index is -4.42. The highest BCUT2D eigenvalue weighted by molar-refractivity contribution is 5.89. The molecule has 28 heavy (non-hydrogen) atoms. The van der Waals surface area contributed by atoms with Gasteiger partial charge in [0, 0.05) is 13.1 Å². The number of hydrogen-bond donors (Lipinski definition) is 0. The molecule has 0 N–H and O–H groups in total. The number of hydrogen-bond acceptors (Lipinski definition) is 4. The van der Waals surface area contributed by atoms with Crippen LogP contribution in [0, 0.1) is 11.3 Å². The van der Waals surface area contributed by atoms with Gasteiger partial charge in [-0.3, -0.25) is 4.79 Å². The van der Waals surface area contributed by atoms with Crippen LogP contribution in [0.5, 0.6) is 0 Å². The molecule has 0 saturated heterocycles. The lowest BCUT2D eigenvalue weighted by molar-refractivity contribution is -0.150. The van der Waals surface area contributed by atoms with E-state index in [2.05, 4.69) is 6.07 Å². The van der Waals surface area contributed by atoms with Gasteiger partial charge in [0.15, 0.2) is 6.61 Å². The smallest absolute Gasteiger partial charge is 0.416 e. The molecule has 0 bridgehead atoms. The summed E-state index contributed by atoms with van der Waals surface area (Å²) in [6, 6.07) is 6.50. The third-order valence-corrected chi connectivity index (χ3v) is 4.89. The molecule has 0 unspecified atom stereocenters. The Morgan fingerprint density at radius 2 is 1.82 bits per heavy atom. The minimum Gasteiger partial charge on any atom is -0.452 e. The highest BCUT2D eigenvalue weighted by Crippen LogP contribution is 2.32. The van der Waals surface area contributed by atoms with Gasteiger partial charge in [0.05, 0.1) is 11.6 Å². The van der Waals surface area contributed by atoms with Crippen LogP contribution in [0.25, 0.3) is 6.08 Å². The largest absolute Gasteiger partial charge is 0.452 e. The van der Waals surface area contributed by atoms with Crippen LogP contribution in [0.2, 0.25) is 0 Å². The molecule has 1 aliphatic carbocycles. The number of alkyl halides is 3. The number of likely N-dealkylation sites (N-methyl/N-ethyl adjacent to an activating group) is 1. The third kappa shape index (κ3) is 5.35. The van der Waals surface area contributed by atoms with E-state index < -0.39 is 35.8 Å². The van der Waals surface area contributed by atoms with E-state index in [0.29, 0.717) is 18.4 Å². The molecule has 1 aromatic carbocycles. The average molecular weight is 394 g/mol. The molecule has 0 aliphatic heterocycles. The number of carbonyl (C=O) groups excluding carboxylic acids is 2. The standard InChI is InChI=1S/C20H21F3N2O3/c1-25(19(14-24)11-3-2-4-12-19)17(26)13-28-18(27)10-7-15-5-8-16(9-6-15)20(21,22)23/h5-10H,2-4,11-13H2,1H3/b10-7+. The molecular formula is C20H21F3N2O3. The maximum atomic E-state index is 12.5. The number of ether oxygens (including phenoxy) is 1.